The van der Waals surface area contributed by atoms with Gasteiger partial charge in [-0.05, 0) is 56.8 Å². The van der Waals surface area contributed by atoms with Gasteiger partial charge in [0.2, 0.25) is 0 Å². The second-order valence-corrected chi connectivity index (χ2v) is 5.95. The Bertz CT molecular complexity index is 362. The number of likely N-dealkylation sites (tertiary alicyclic amines) is 1. The van der Waals surface area contributed by atoms with Crippen LogP contribution in [0.25, 0.3) is 0 Å². The normalized spacial score (nSPS) is 25.6. The third kappa shape index (κ3) is 2.10. The van der Waals surface area contributed by atoms with Crippen LogP contribution in [-0.4, -0.2) is 29.6 Å². The molecule has 1 atom stereocenters. The molecule has 0 amide bonds. The van der Waals surface area contributed by atoms with Crippen molar-refractivity contribution in [1.82, 2.24) is 4.90 Å². The Morgan fingerprint density at radius 2 is 1.94 bits per heavy atom. The Labute approximate surface area is 109 Å². The fourth-order valence-corrected chi connectivity index (χ4v) is 3.92. The van der Waals surface area contributed by atoms with Crippen LogP contribution in [0, 0.1) is 0 Å². The Hall–Kier alpha value is -0.800. The van der Waals surface area contributed by atoms with E-state index < -0.39 is 0 Å². The molecule has 1 saturated heterocycles. The van der Waals surface area contributed by atoms with E-state index in [1.54, 1.807) is 6.26 Å². The molecule has 0 radical (unpaired) electrons. The van der Waals surface area contributed by atoms with Gasteiger partial charge in [-0.1, -0.05) is 12.8 Å². The zero-order valence-electron chi connectivity index (χ0n) is 11.1. The van der Waals surface area contributed by atoms with Crippen LogP contribution in [0.2, 0.25) is 0 Å². The zero-order valence-corrected chi connectivity index (χ0v) is 11.1. The maximum absolute atomic E-state index is 6.60. The molecule has 2 heterocycles. The van der Waals surface area contributed by atoms with Gasteiger partial charge in [-0.15, -0.1) is 0 Å². The van der Waals surface area contributed by atoms with Crippen LogP contribution in [0.5, 0.6) is 0 Å². The molecule has 18 heavy (non-hydrogen) atoms. The molecule has 0 spiro atoms. The summed E-state index contributed by atoms with van der Waals surface area (Å²) >= 11 is 0. The molecular formula is C15H24N2O. The molecule has 1 aliphatic heterocycles. The van der Waals surface area contributed by atoms with Gasteiger partial charge in [-0.3, -0.25) is 4.90 Å². The van der Waals surface area contributed by atoms with Gasteiger partial charge >= 0.3 is 0 Å². The van der Waals surface area contributed by atoms with Crippen molar-refractivity contribution in [3.63, 3.8) is 0 Å². The molecule has 2 fully saturated rings. The number of nitrogens with two attached hydrogens (primary N) is 1. The first-order valence-corrected chi connectivity index (χ1v) is 7.33. The van der Waals surface area contributed by atoms with Gasteiger partial charge in [0.1, 0.15) is 0 Å². The zero-order chi connectivity index (χ0) is 12.4. The summed E-state index contributed by atoms with van der Waals surface area (Å²) < 4.78 is 5.17. The van der Waals surface area contributed by atoms with Crippen molar-refractivity contribution in [2.24, 2.45) is 5.73 Å². The lowest BCUT2D eigenvalue weighted by Gasteiger charge is -2.43. The van der Waals surface area contributed by atoms with Gasteiger partial charge in [-0.25, -0.2) is 0 Å². The Kier molecular flexibility index (Phi) is 3.44. The first-order valence-electron chi connectivity index (χ1n) is 7.33. The van der Waals surface area contributed by atoms with Crippen molar-refractivity contribution >= 4 is 0 Å². The summed E-state index contributed by atoms with van der Waals surface area (Å²) in [7, 11) is 0. The first-order chi connectivity index (χ1) is 8.81. The van der Waals surface area contributed by atoms with Crippen LogP contribution < -0.4 is 5.73 Å². The Morgan fingerprint density at radius 3 is 2.56 bits per heavy atom. The quantitative estimate of drug-likeness (QED) is 0.890. The lowest BCUT2D eigenvalue weighted by Crippen LogP contribution is -2.58. The topological polar surface area (TPSA) is 42.4 Å². The van der Waals surface area contributed by atoms with Gasteiger partial charge in [0.15, 0.2) is 0 Å². The molecule has 1 aliphatic carbocycles. The Morgan fingerprint density at radius 1 is 1.22 bits per heavy atom. The lowest BCUT2D eigenvalue weighted by atomic mass is 9.83. The number of nitrogens with zero attached hydrogens (tertiary/aromatic N) is 1. The van der Waals surface area contributed by atoms with Crippen molar-refractivity contribution in [2.75, 3.05) is 13.1 Å². The van der Waals surface area contributed by atoms with Crippen molar-refractivity contribution in [3.05, 3.63) is 24.2 Å². The van der Waals surface area contributed by atoms with Gasteiger partial charge < -0.3 is 10.2 Å². The molecule has 3 nitrogen and oxygen atoms in total. The van der Waals surface area contributed by atoms with E-state index in [-0.39, 0.29) is 11.6 Å². The number of hydrogen-bond donors (Lipinski definition) is 1. The van der Waals surface area contributed by atoms with Gasteiger partial charge in [0.05, 0.1) is 12.5 Å². The van der Waals surface area contributed by atoms with E-state index in [2.05, 4.69) is 4.90 Å². The SMILES string of the molecule is NC(Cc1ccoc1)C1(N2CCCC2)CCCC1. The van der Waals surface area contributed by atoms with Gasteiger partial charge in [0.25, 0.3) is 0 Å². The summed E-state index contributed by atoms with van der Waals surface area (Å²) in [5, 5.41) is 0. The largest absolute Gasteiger partial charge is 0.472 e. The van der Waals surface area contributed by atoms with E-state index in [9.17, 15) is 0 Å². The van der Waals surface area contributed by atoms with Crippen LogP contribution in [0.4, 0.5) is 0 Å². The van der Waals surface area contributed by atoms with Crippen molar-refractivity contribution in [1.29, 1.82) is 0 Å². The molecular weight excluding hydrogens is 224 g/mol. The minimum Gasteiger partial charge on any atom is -0.472 e. The van der Waals surface area contributed by atoms with Crippen LogP contribution >= 0.6 is 0 Å². The summed E-state index contributed by atoms with van der Waals surface area (Å²) in [5.74, 6) is 0. The third-order valence-electron chi connectivity index (χ3n) is 4.93. The maximum Gasteiger partial charge on any atom is 0.0935 e. The highest BCUT2D eigenvalue weighted by atomic mass is 16.3. The van der Waals surface area contributed by atoms with E-state index in [1.165, 1.54) is 57.2 Å². The molecule has 0 aromatic carbocycles. The van der Waals surface area contributed by atoms with E-state index in [4.69, 9.17) is 10.2 Å². The highest BCUT2D eigenvalue weighted by Gasteiger charge is 2.44. The molecule has 1 aromatic rings. The second-order valence-electron chi connectivity index (χ2n) is 5.95. The smallest absolute Gasteiger partial charge is 0.0935 e. The summed E-state index contributed by atoms with van der Waals surface area (Å²) in [5.41, 5.74) is 8.12. The summed E-state index contributed by atoms with van der Waals surface area (Å²) in [6.07, 6.45) is 12.5. The third-order valence-corrected chi connectivity index (χ3v) is 4.93. The predicted octanol–water partition coefficient (Wildman–Crippen LogP) is 2.56. The fourth-order valence-electron chi connectivity index (χ4n) is 3.92. The number of furan rings is 1. The second kappa shape index (κ2) is 5.06. The minimum atomic E-state index is 0.246. The molecule has 3 heteroatoms. The molecule has 100 valence electrons. The predicted molar refractivity (Wildman–Crippen MR) is 72.4 cm³/mol. The number of hydrogen-bond acceptors (Lipinski definition) is 3. The minimum absolute atomic E-state index is 0.246. The van der Waals surface area contributed by atoms with Gasteiger partial charge in [0, 0.05) is 11.6 Å². The molecule has 2 N–H and O–H groups in total. The van der Waals surface area contributed by atoms with Crippen LogP contribution in [-0.2, 0) is 6.42 Å². The highest BCUT2D eigenvalue weighted by molar-refractivity contribution is 5.13. The van der Waals surface area contributed by atoms with Crippen LogP contribution in [0.3, 0.4) is 0 Å². The molecule has 1 unspecified atom stereocenters. The van der Waals surface area contributed by atoms with Crippen LogP contribution in [0.15, 0.2) is 23.0 Å². The monoisotopic (exact) mass is 248 g/mol. The molecule has 3 rings (SSSR count). The average molecular weight is 248 g/mol. The summed E-state index contributed by atoms with van der Waals surface area (Å²) in [6.45, 7) is 2.50. The fraction of sp³-hybridized carbons (Fsp3) is 0.733. The van der Waals surface area contributed by atoms with E-state index in [1.807, 2.05) is 12.3 Å². The average Bonchev–Trinajstić information content (AvgIpc) is 3.12. The van der Waals surface area contributed by atoms with E-state index in [0.717, 1.165) is 6.42 Å². The maximum atomic E-state index is 6.60. The highest BCUT2D eigenvalue weighted by Crippen LogP contribution is 2.40. The van der Waals surface area contributed by atoms with Gasteiger partial charge in [-0.2, -0.15) is 0 Å². The lowest BCUT2D eigenvalue weighted by molar-refractivity contribution is 0.0921. The molecule has 2 aliphatic rings. The van der Waals surface area contributed by atoms with E-state index >= 15 is 0 Å². The summed E-state index contributed by atoms with van der Waals surface area (Å²) in [6, 6.07) is 2.29. The molecule has 0 bridgehead atoms. The van der Waals surface area contributed by atoms with E-state index in [0.29, 0.717) is 0 Å². The first kappa shape index (κ1) is 12.2. The Balaban J connectivity index is 1.76. The van der Waals surface area contributed by atoms with Crippen LogP contribution in [0.1, 0.15) is 44.1 Å². The summed E-state index contributed by atoms with van der Waals surface area (Å²) in [4.78, 5) is 2.69. The molecule has 1 aromatic heterocycles. The van der Waals surface area contributed by atoms with Crippen molar-refractivity contribution in [2.45, 2.75) is 56.5 Å². The van der Waals surface area contributed by atoms with Crippen molar-refractivity contribution in [3.8, 4) is 0 Å². The number of rotatable bonds is 4. The van der Waals surface area contributed by atoms with Crippen molar-refractivity contribution < 1.29 is 4.42 Å². The standard InChI is InChI=1S/C15H24N2O/c16-14(11-13-5-10-18-12-13)15(6-1-2-7-15)17-8-3-4-9-17/h5,10,12,14H,1-4,6-9,11,16H2. The molecule has 1 saturated carbocycles.